The number of aromatic nitrogens is 3. The highest BCUT2D eigenvalue weighted by Gasteiger charge is 2.42. The van der Waals surface area contributed by atoms with Gasteiger partial charge in [0.15, 0.2) is 5.65 Å². The van der Waals surface area contributed by atoms with E-state index in [9.17, 15) is 13.2 Å². The molecule has 0 atom stereocenters. The maximum absolute atomic E-state index is 12.9. The lowest BCUT2D eigenvalue weighted by Gasteiger charge is -2.33. The third kappa shape index (κ3) is 3.55. The second kappa shape index (κ2) is 6.88. The predicted octanol–water partition coefficient (Wildman–Crippen LogP) is 3.38. The van der Waals surface area contributed by atoms with Crippen molar-refractivity contribution in [2.75, 3.05) is 18.5 Å². The second-order valence-corrected chi connectivity index (χ2v) is 7.91. The van der Waals surface area contributed by atoms with Crippen LogP contribution in [0.5, 0.6) is 0 Å². The molecule has 5 rings (SSSR count). The number of alkyl halides is 3. The Labute approximate surface area is 165 Å². The topological polar surface area (TPSA) is 73.2 Å². The van der Waals surface area contributed by atoms with E-state index in [-0.39, 0.29) is 17.3 Å². The molecule has 10 heteroatoms. The molecule has 4 heterocycles. The lowest BCUT2D eigenvalue weighted by Crippen LogP contribution is -2.36. The molecule has 1 spiro atoms. The molecular formula is C19H22F3N5O2. The van der Waals surface area contributed by atoms with Crippen molar-refractivity contribution in [3.63, 3.8) is 0 Å². The van der Waals surface area contributed by atoms with Gasteiger partial charge in [-0.2, -0.15) is 18.3 Å². The van der Waals surface area contributed by atoms with E-state index in [0.717, 1.165) is 53.7 Å². The summed E-state index contributed by atoms with van der Waals surface area (Å²) in [6, 6.07) is 0.166. The number of nitrogens with zero attached hydrogens (tertiary/aromatic N) is 3. The zero-order valence-corrected chi connectivity index (χ0v) is 15.8. The van der Waals surface area contributed by atoms with E-state index in [1.54, 1.807) is 6.20 Å². The maximum Gasteiger partial charge on any atom is 0.408 e. The number of fused-ring (bicyclic) bond motifs is 1. The Balaban J connectivity index is 1.56. The van der Waals surface area contributed by atoms with Gasteiger partial charge in [0.2, 0.25) is 0 Å². The van der Waals surface area contributed by atoms with Crippen LogP contribution in [0.2, 0.25) is 0 Å². The van der Waals surface area contributed by atoms with Crippen LogP contribution in [0.1, 0.15) is 37.7 Å². The SMILES string of the molecule is FC(F)(F)Cn1ncc2c(NC3CCOCC3)c(C3=CC4(CCC4)ON3)cnc21. The molecule has 0 unspecified atom stereocenters. The lowest BCUT2D eigenvalue weighted by molar-refractivity contribution is -0.141. The monoisotopic (exact) mass is 409 g/mol. The first-order valence-corrected chi connectivity index (χ1v) is 9.85. The lowest BCUT2D eigenvalue weighted by atomic mass is 9.80. The average Bonchev–Trinajstić information content (AvgIpc) is 3.27. The standard InChI is InChI=1S/C19H22F3N5O2/c20-19(21,22)11-27-17-14(10-24-27)16(25-12-2-6-28-7-3-12)13(9-23-17)15-8-18(29-26-15)4-1-5-18/h8-10,12,26H,1-7,11H2,(H,23,25). The fourth-order valence-corrected chi connectivity index (χ4v) is 4.10. The smallest absolute Gasteiger partial charge is 0.381 e. The average molecular weight is 409 g/mol. The van der Waals surface area contributed by atoms with Gasteiger partial charge in [0.25, 0.3) is 0 Å². The number of anilines is 1. The summed E-state index contributed by atoms with van der Waals surface area (Å²) in [4.78, 5) is 10.1. The van der Waals surface area contributed by atoms with Gasteiger partial charge < -0.3 is 10.1 Å². The van der Waals surface area contributed by atoms with Gasteiger partial charge in [-0.3, -0.25) is 10.3 Å². The molecule has 2 N–H and O–H groups in total. The number of pyridine rings is 1. The molecule has 1 aliphatic carbocycles. The van der Waals surface area contributed by atoms with Crippen LogP contribution < -0.4 is 10.8 Å². The van der Waals surface area contributed by atoms with Crippen LogP contribution in [0.25, 0.3) is 16.7 Å². The molecular weight excluding hydrogens is 387 g/mol. The van der Waals surface area contributed by atoms with Crippen molar-refractivity contribution in [3.8, 4) is 0 Å². The second-order valence-electron chi connectivity index (χ2n) is 7.91. The van der Waals surface area contributed by atoms with E-state index in [4.69, 9.17) is 9.57 Å². The zero-order chi connectivity index (χ0) is 20.1. The van der Waals surface area contributed by atoms with Gasteiger partial charge in [0.1, 0.15) is 12.1 Å². The predicted molar refractivity (Wildman–Crippen MR) is 99.8 cm³/mol. The van der Waals surface area contributed by atoms with E-state index < -0.39 is 12.7 Å². The van der Waals surface area contributed by atoms with Crippen molar-refractivity contribution in [1.29, 1.82) is 0 Å². The number of hydrogen-bond acceptors (Lipinski definition) is 6. The number of hydroxylamine groups is 1. The summed E-state index contributed by atoms with van der Waals surface area (Å²) >= 11 is 0. The number of ether oxygens (including phenoxy) is 1. The van der Waals surface area contributed by atoms with Gasteiger partial charge in [-0.1, -0.05) is 0 Å². The number of rotatable bonds is 4. The Hall–Kier alpha value is -2.33. The third-order valence-corrected chi connectivity index (χ3v) is 5.83. The van der Waals surface area contributed by atoms with Crippen molar-refractivity contribution in [2.24, 2.45) is 0 Å². The molecule has 0 bridgehead atoms. The molecule has 2 aliphatic heterocycles. The molecule has 2 fully saturated rings. The minimum Gasteiger partial charge on any atom is -0.381 e. The summed E-state index contributed by atoms with van der Waals surface area (Å²) in [6.07, 6.45) is 5.41. The first-order valence-electron chi connectivity index (χ1n) is 9.85. The van der Waals surface area contributed by atoms with Crippen LogP contribution >= 0.6 is 0 Å². The normalized spacial score (nSPS) is 21.8. The first kappa shape index (κ1) is 18.7. The van der Waals surface area contributed by atoms with Gasteiger partial charge in [0, 0.05) is 31.0 Å². The summed E-state index contributed by atoms with van der Waals surface area (Å²) in [6.45, 7) is 0.135. The van der Waals surface area contributed by atoms with Crippen LogP contribution in [0.15, 0.2) is 18.5 Å². The maximum atomic E-state index is 12.9. The fraction of sp³-hybridized carbons (Fsp3) is 0.579. The van der Waals surface area contributed by atoms with Crippen molar-refractivity contribution in [3.05, 3.63) is 24.0 Å². The highest BCUT2D eigenvalue weighted by Crippen LogP contribution is 2.43. The van der Waals surface area contributed by atoms with Crippen molar-refractivity contribution >= 4 is 22.4 Å². The minimum atomic E-state index is -4.37. The molecule has 2 aromatic rings. The van der Waals surface area contributed by atoms with Gasteiger partial charge >= 0.3 is 6.18 Å². The molecule has 7 nitrogen and oxygen atoms in total. The Morgan fingerprint density at radius 2 is 2.03 bits per heavy atom. The van der Waals surface area contributed by atoms with Crippen molar-refractivity contribution in [2.45, 2.75) is 56.5 Å². The molecule has 1 saturated carbocycles. The van der Waals surface area contributed by atoms with E-state index in [1.807, 2.05) is 0 Å². The van der Waals surface area contributed by atoms with Crippen LogP contribution in [-0.4, -0.2) is 45.8 Å². The largest absolute Gasteiger partial charge is 0.408 e. The summed E-state index contributed by atoms with van der Waals surface area (Å²) in [7, 11) is 0. The molecule has 29 heavy (non-hydrogen) atoms. The van der Waals surface area contributed by atoms with Crippen molar-refractivity contribution in [1.82, 2.24) is 20.2 Å². The van der Waals surface area contributed by atoms with Gasteiger partial charge in [-0.05, 0) is 38.2 Å². The van der Waals surface area contributed by atoms with Gasteiger partial charge in [-0.25, -0.2) is 9.67 Å². The molecule has 3 aliphatic rings. The molecule has 156 valence electrons. The molecule has 0 radical (unpaired) electrons. The van der Waals surface area contributed by atoms with Crippen molar-refractivity contribution < 1.29 is 22.7 Å². The van der Waals surface area contributed by atoms with E-state index in [2.05, 4.69) is 27.0 Å². The zero-order valence-electron chi connectivity index (χ0n) is 15.8. The number of halogens is 3. The van der Waals surface area contributed by atoms with Gasteiger partial charge in [0.05, 0.1) is 23.0 Å². The summed E-state index contributed by atoms with van der Waals surface area (Å²) in [5.74, 6) is 0. The van der Waals surface area contributed by atoms with E-state index >= 15 is 0 Å². The summed E-state index contributed by atoms with van der Waals surface area (Å²) < 4.78 is 45.1. The Morgan fingerprint density at radius 1 is 1.24 bits per heavy atom. The Kier molecular flexibility index (Phi) is 4.43. The fourth-order valence-electron chi connectivity index (χ4n) is 4.10. The molecule has 1 saturated heterocycles. The highest BCUT2D eigenvalue weighted by atomic mass is 19.4. The quantitative estimate of drug-likeness (QED) is 0.807. The first-order chi connectivity index (χ1) is 13.9. The van der Waals surface area contributed by atoms with Crippen LogP contribution in [-0.2, 0) is 16.1 Å². The van der Waals surface area contributed by atoms with E-state index in [0.29, 0.717) is 18.6 Å². The number of nitrogens with one attached hydrogen (secondary N) is 2. The van der Waals surface area contributed by atoms with Gasteiger partial charge in [-0.15, -0.1) is 0 Å². The van der Waals surface area contributed by atoms with E-state index in [1.165, 1.54) is 6.20 Å². The molecule has 2 aromatic heterocycles. The summed E-state index contributed by atoms with van der Waals surface area (Å²) in [5.41, 5.74) is 5.23. The van der Waals surface area contributed by atoms with Crippen LogP contribution in [0.3, 0.4) is 0 Å². The molecule has 0 aromatic carbocycles. The minimum absolute atomic E-state index is 0.166. The number of hydrogen-bond donors (Lipinski definition) is 2. The highest BCUT2D eigenvalue weighted by molar-refractivity contribution is 5.95. The summed E-state index contributed by atoms with van der Waals surface area (Å²) in [5, 5.41) is 8.04. The Morgan fingerprint density at radius 3 is 2.69 bits per heavy atom. The Bertz CT molecular complexity index is 945. The van der Waals surface area contributed by atoms with Crippen LogP contribution in [0, 0.1) is 0 Å². The third-order valence-electron chi connectivity index (χ3n) is 5.83. The molecule has 0 amide bonds. The van der Waals surface area contributed by atoms with Crippen LogP contribution in [0.4, 0.5) is 18.9 Å².